The number of furan rings is 1. The largest absolute Gasteiger partial charge is 0.527 e. The van der Waals surface area contributed by atoms with Gasteiger partial charge in [-0.05, 0) is 16.2 Å². The van der Waals surface area contributed by atoms with E-state index in [-0.39, 0.29) is 5.66 Å². The summed E-state index contributed by atoms with van der Waals surface area (Å²) >= 11 is 1.45. The van der Waals surface area contributed by atoms with Crippen LogP contribution in [0.25, 0.3) is 10.8 Å². The monoisotopic (exact) mass is 290 g/mol. The Kier molecular flexibility index (Phi) is 4.99. The molecule has 0 atom stereocenters. The summed E-state index contributed by atoms with van der Waals surface area (Å²) in [5, 5.41) is 39.8. The van der Waals surface area contributed by atoms with E-state index in [0.717, 1.165) is 10.8 Å². The summed E-state index contributed by atoms with van der Waals surface area (Å²) in [5.41, 5.74) is 0.764. The summed E-state index contributed by atoms with van der Waals surface area (Å²) in [4.78, 5) is 0. The molecule has 5 nitrogen and oxygen atoms in total. The summed E-state index contributed by atoms with van der Waals surface area (Å²) in [7, 11) is -2.84. The van der Waals surface area contributed by atoms with Gasteiger partial charge < -0.3 is 24.5 Å². The Labute approximate surface area is 120 Å². The van der Waals surface area contributed by atoms with E-state index in [9.17, 15) is 0 Å². The van der Waals surface area contributed by atoms with E-state index in [0.29, 0.717) is 5.46 Å². The molecule has 3 aromatic rings. The van der Waals surface area contributed by atoms with Gasteiger partial charge in [0.05, 0.1) is 6.26 Å². The fourth-order valence-corrected chi connectivity index (χ4v) is 2.31. The van der Waals surface area contributed by atoms with Gasteiger partial charge in [-0.25, -0.2) is 0 Å². The van der Waals surface area contributed by atoms with Gasteiger partial charge in [-0.15, -0.1) is 0 Å². The molecule has 0 aliphatic rings. The van der Waals surface area contributed by atoms with Crippen LogP contribution in [0.15, 0.2) is 51.8 Å². The number of hydrogen-bond donors (Lipinski definition) is 4. The zero-order chi connectivity index (χ0) is 14.5. The average Bonchev–Trinajstić information content (AvgIpc) is 3.09. The normalized spacial score (nSPS) is 10.0. The van der Waals surface area contributed by atoms with Gasteiger partial charge in [0.15, 0.2) is 0 Å². The number of thiophene rings is 1. The van der Waals surface area contributed by atoms with Crippen molar-refractivity contribution in [3.63, 3.8) is 0 Å². The predicted octanol–water partition coefficient (Wildman–Crippen LogP) is -0.460. The van der Waals surface area contributed by atoms with Crippen molar-refractivity contribution >= 4 is 47.5 Å². The third kappa shape index (κ3) is 3.50. The van der Waals surface area contributed by atoms with Gasteiger partial charge in [0.2, 0.25) is 0 Å². The molecule has 102 valence electrons. The Hall–Kier alpha value is -1.57. The smallest absolute Gasteiger partial charge is 0.472 e. The van der Waals surface area contributed by atoms with E-state index in [1.807, 2.05) is 18.2 Å². The van der Waals surface area contributed by atoms with Crippen LogP contribution in [0.3, 0.4) is 0 Å². The highest BCUT2D eigenvalue weighted by Crippen LogP contribution is 2.12. The van der Waals surface area contributed by atoms with Crippen LogP contribution in [-0.4, -0.2) is 34.3 Å². The van der Waals surface area contributed by atoms with E-state index < -0.39 is 14.2 Å². The lowest BCUT2D eigenvalue weighted by atomic mass is 9.83. The van der Waals surface area contributed by atoms with Crippen molar-refractivity contribution in [3.8, 4) is 0 Å². The maximum Gasteiger partial charge on any atom is 0.527 e. The topological polar surface area (TPSA) is 94.1 Å². The second-order valence-electron chi connectivity index (χ2n) is 3.99. The molecule has 0 radical (unpaired) electrons. The molecule has 0 aliphatic carbocycles. The van der Waals surface area contributed by atoms with Crippen LogP contribution in [-0.2, 0) is 0 Å². The van der Waals surface area contributed by atoms with Crippen molar-refractivity contribution in [3.05, 3.63) is 47.4 Å². The summed E-state index contributed by atoms with van der Waals surface area (Å²) in [6, 6.07) is 9.00. The molecular weight excluding hydrogens is 278 g/mol. The zero-order valence-corrected chi connectivity index (χ0v) is 11.2. The molecule has 0 bridgehead atoms. The lowest BCUT2D eigenvalue weighted by Gasteiger charge is -1.92. The van der Waals surface area contributed by atoms with Crippen LogP contribution >= 0.6 is 11.3 Å². The molecule has 0 amide bonds. The molecule has 0 saturated heterocycles. The number of rotatable bonds is 2. The second kappa shape index (κ2) is 6.74. The Morgan fingerprint density at radius 3 is 2.25 bits per heavy atom. The van der Waals surface area contributed by atoms with Crippen LogP contribution in [0.1, 0.15) is 0 Å². The SMILES string of the molecule is OB(O)c1ccsc1.OB(O)c1occ2ccccc12. The lowest BCUT2D eigenvalue weighted by molar-refractivity contribution is 0.410. The lowest BCUT2D eigenvalue weighted by Crippen LogP contribution is -2.28. The van der Waals surface area contributed by atoms with Gasteiger partial charge in [0.25, 0.3) is 0 Å². The zero-order valence-electron chi connectivity index (χ0n) is 10.4. The minimum atomic E-state index is -1.54. The number of fused-ring (bicyclic) bond motifs is 1. The van der Waals surface area contributed by atoms with E-state index >= 15 is 0 Å². The molecule has 20 heavy (non-hydrogen) atoms. The maximum atomic E-state index is 8.87. The summed E-state index contributed by atoms with van der Waals surface area (Å²) in [5.74, 6) is 0. The third-order valence-corrected chi connectivity index (χ3v) is 3.32. The maximum absolute atomic E-state index is 8.87. The van der Waals surface area contributed by atoms with Crippen LogP contribution in [0.4, 0.5) is 0 Å². The van der Waals surface area contributed by atoms with Crippen LogP contribution in [0.5, 0.6) is 0 Å². The Balaban J connectivity index is 0.000000160. The molecule has 4 N–H and O–H groups in total. The molecule has 0 spiro atoms. The molecule has 2 aromatic heterocycles. The average molecular weight is 290 g/mol. The molecule has 0 fully saturated rings. The highest BCUT2D eigenvalue weighted by Gasteiger charge is 2.18. The van der Waals surface area contributed by atoms with Crippen molar-refractivity contribution in [1.82, 2.24) is 0 Å². The number of benzene rings is 1. The van der Waals surface area contributed by atoms with Gasteiger partial charge in [0, 0.05) is 10.8 Å². The molecule has 0 saturated carbocycles. The van der Waals surface area contributed by atoms with Gasteiger partial charge in [-0.3, -0.25) is 0 Å². The van der Waals surface area contributed by atoms with Crippen LogP contribution in [0, 0.1) is 0 Å². The van der Waals surface area contributed by atoms with E-state index in [1.54, 1.807) is 22.9 Å². The molecule has 2 heterocycles. The summed E-state index contributed by atoms with van der Waals surface area (Å²) < 4.78 is 4.98. The van der Waals surface area contributed by atoms with Gasteiger partial charge in [-0.2, -0.15) is 11.3 Å². The van der Waals surface area contributed by atoms with Crippen molar-refractivity contribution in [2.75, 3.05) is 0 Å². The van der Waals surface area contributed by atoms with E-state index in [4.69, 9.17) is 24.5 Å². The van der Waals surface area contributed by atoms with Gasteiger partial charge in [0.1, 0.15) is 5.66 Å². The fraction of sp³-hybridized carbons (Fsp3) is 0. The predicted molar refractivity (Wildman–Crippen MR) is 80.2 cm³/mol. The third-order valence-electron chi connectivity index (χ3n) is 2.61. The number of hydrogen-bond acceptors (Lipinski definition) is 6. The van der Waals surface area contributed by atoms with Crippen LogP contribution in [0.2, 0.25) is 0 Å². The highest BCUT2D eigenvalue weighted by molar-refractivity contribution is 7.09. The van der Waals surface area contributed by atoms with Gasteiger partial charge >= 0.3 is 14.2 Å². The molecular formula is C12H12B2O5S. The minimum absolute atomic E-state index is 0.200. The Morgan fingerprint density at radius 2 is 1.70 bits per heavy atom. The first kappa shape index (κ1) is 14.8. The minimum Gasteiger partial charge on any atom is -0.472 e. The quantitative estimate of drug-likeness (QED) is 0.479. The highest BCUT2D eigenvalue weighted by atomic mass is 32.1. The molecule has 0 aliphatic heterocycles. The van der Waals surface area contributed by atoms with Crippen molar-refractivity contribution < 1.29 is 24.5 Å². The first-order valence-corrected chi connectivity index (χ1v) is 6.74. The van der Waals surface area contributed by atoms with E-state index in [2.05, 4.69) is 0 Å². The van der Waals surface area contributed by atoms with Gasteiger partial charge in [-0.1, -0.05) is 30.3 Å². The molecule has 3 rings (SSSR count). The summed E-state index contributed by atoms with van der Waals surface area (Å²) in [6.07, 6.45) is 1.50. The Morgan fingerprint density at radius 1 is 0.950 bits per heavy atom. The van der Waals surface area contributed by atoms with Crippen LogP contribution < -0.4 is 11.1 Å². The summed E-state index contributed by atoms with van der Waals surface area (Å²) in [6.45, 7) is 0. The standard InChI is InChI=1S/C8H7BO3.C4H5BO2S/c10-9(11)8-7-4-2-1-3-6(7)5-12-8;6-5(7)4-1-2-8-3-4/h1-5,10-11H;1-3,6-7H. The molecule has 0 unspecified atom stereocenters. The van der Waals surface area contributed by atoms with Crippen molar-refractivity contribution in [2.24, 2.45) is 0 Å². The van der Waals surface area contributed by atoms with Crippen molar-refractivity contribution in [2.45, 2.75) is 0 Å². The first-order chi connectivity index (χ1) is 9.59. The van der Waals surface area contributed by atoms with Crippen molar-refractivity contribution in [1.29, 1.82) is 0 Å². The Bertz CT molecular complexity index is 651. The molecule has 1 aromatic carbocycles. The fourth-order valence-electron chi connectivity index (χ4n) is 1.64. The first-order valence-electron chi connectivity index (χ1n) is 5.80. The molecule has 8 heteroatoms. The second-order valence-corrected chi connectivity index (χ2v) is 4.77. The van der Waals surface area contributed by atoms with E-state index in [1.165, 1.54) is 17.6 Å².